The third-order valence-corrected chi connectivity index (χ3v) is 6.25. The van der Waals surface area contributed by atoms with Crippen LogP contribution in [-0.2, 0) is 19.1 Å². The van der Waals surface area contributed by atoms with Crippen molar-refractivity contribution in [1.29, 1.82) is 0 Å². The molecule has 174 valence electrons. The molecular weight excluding hydrogens is 428 g/mol. The molecule has 0 saturated heterocycles. The SMILES string of the molecule is CCOC(=O)C1=C(COCCN(C)C)N=C2CC(C)(C)CC(=O)C2C1c1ccccc1Cl. The fraction of sp³-hybridized carbons (Fsp3) is 0.560. The number of fused-ring (bicyclic) bond motifs is 1. The highest BCUT2D eigenvalue weighted by Gasteiger charge is 2.48. The van der Waals surface area contributed by atoms with Crippen molar-refractivity contribution < 1.29 is 19.1 Å². The number of halogens is 1. The number of benzene rings is 1. The number of likely N-dealkylation sites (N-methyl/N-ethyl adjacent to an activating group) is 1. The van der Waals surface area contributed by atoms with Crippen molar-refractivity contribution >= 4 is 29.1 Å². The van der Waals surface area contributed by atoms with Crippen molar-refractivity contribution in [3.8, 4) is 0 Å². The van der Waals surface area contributed by atoms with Gasteiger partial charge in [-0.25, -0.2) is 4.79 Å². The van der Waals surface area contributed by atoms with Gasteiger partial charge in [0, 0.05) is 29.6 Å². The monoisotopic (exact) mass is 460 g/mol. The smallest absolute Gasteiger partial charge is 0.336 e. The van der Waals surface area contributed by atoms with E-state index in [0.29, 0.717) is 35.7 Å². The zero-order valence-electron chi connectivity index (χ0n) is 19.6. The lowest BCUT2D eigenvalue weighted by atomic mass is 9.63. The van der Waals surface area contributed by atoms with Gasteiger partial charge in [0.25, 0.3) is 0 Å². The van der Waals surface area contributed by atoms with E-state index in [1.165, 1.54) is 0 Å². The summed E-state index contributed by atoms with van der Waals surface area (Å²) < 4.78 is 11.3. The fourth-order valence-corrected chi connectivity index (χ4v) is 4.79. The number of aliphatic imine (C=N–C) groups is 1. The Labute approximate surface area is 195 Å². The van der Waals surface area contributed by atoms with Gasteiger partial charge in [0.1, 0.15) is 5.78 Å². The third-order valence-electron chi connectivity index (χ3n) is 5.91. The first-order valence-corrected chi connectivity index (χ1v) is 11.5. The Morgan fingerprint density at radius 1 is 1.22 bits per heavy atom. The summed E-state index contributed by atoms with van der Waals surface area (Å²) >= 11 is 6.59. The molecule has 0 aromatic heterocycles. The molecule has 6 nitrogen and oxygen atoms in total. The lowest BCUT2D eigenvalue weighted by Gasteiger charge is -2.41. The van der Waals surface area contributed by atoms with Crippen molar-refractivity contribution in [2.75, 3.05) is 40.5 Å². The first-order valence-electron chi connectivity index (χ1n) is 11.1. The van der Waals surface area contributed by atoms with Gasteiger partial charge >= 0.3 is 5.97 Å². The number of esters is 1. The quantitative estimate of drug-likeness (QED) is 0.428. The Bertz CT molecular complexity index is 936. The molecular formula is C25H33ClN2O4. The van der Waals surface area contributed by atoms with E-state index in [4.69, 9.17) is 26.1 Å². The van der Waals surface area contributed by atoms with Crippen LogP contribution in [0.2, 0.25) is 5.02 Å². The van der Waals surface area contributed by atoms with E-state index in [-0.39, 0.29) is 24.4 Å². The van der Waals surface area contributed by atoms with Crippen LogP contribution in [0.1, 0.15) is 45.1 Å². The maximum atomic E-state index is 13.4. The summed E-state index contributed by atoms with van der Waals surface area (Å²) in [7, 11) is 3.95. The maximum Gasteiger partial charge on any atom is 0.336 e. The molecule has 1 aromatic carbocycles. The lowest BCUT2D eigenvalue weighted by Crippen LogP contribution is -2.44. The molecule has 0 amide bonds. The predicted octanol–water partition coefficient (Wildman–Crippen LogP) is 4.28. The van der Waals surface area contributed by atoms with Crippen LogP contribution >= 0.6 is 11.6 Å². The van der Waals surface area contributed by atoms with Crippen LogP contribution in [0.5, 0.6) is 0 Å². The second kappa shape index (κ2) is 10.3. The van der Waals surface area contributed by atoms with Gasteiger partial charge in [0.15, 0.2) is 0 Å². The summed E-state index contributed by atoms with van der Waals surface area (Å²) in [6.07, 6.45) is 1.12. The highest BCUT2D eigenvalue weighted by atomic mass is 35.5. The van der Waals surface area contributed by atoms with Crippen LogP contribution in [0, 0.1) is 11.3 Å². The average molecular weight is 461 g/mol. The van der Waals surface area contributed by atoms with Crippen molar-refractivity contribution in [2.24, 2.45) is 16.3 Å². The van der Waals surface area contributed by atoms with Gasteiger partial charge in [-0.1, -0.05) is 43.6 Å². The van der Waals surface area contributed by atoms with E-state index in [9.17, 15) is 9.59 Å². The number of hydrogen-bond donors (Lipinski definition) is 0. The van der Waals surface area contributed by atoms with E-state index in [2.05, 4.69) is 13.8 Å². The molecule has 1 aliphatic heterocycles. The number of ether oxygens (including phenoxy) is 2. The minimum absolute atomic E-state index is 0.0827. The Kier molecular flexibility index (Phi) is 7.91. The second-order valence-corrected chi connectivity index (χ2v) is 9.91. The summed E-state index contributed by atoms with van der Waals surface area (Å²) in [6.45, 7) is 7.57. The molecule has 1 heterocycles. The average Bonchev–Trinajstić information content (AvgIpc) is 2.69. The van der Waals surface area contributed by atoms with Gasteiger partial charge in [-0.3, -0.25) is 9.79 Å². The van der Waals surface area contributed by atoms with Crippen molar-refractivity contribution in [2.45, 2.75) is 39.5 Å². The van der Waals surface area contributed by atoms with Gasteiger partial charge in [0.05, 0.1) is 37.0 Å². The highest BCUT2D eigenvalue weighted by Crippen LogP contribution is 2.48. The standard InChI is InChI=1S/C25H33ClN2O4/c1-6-32-24(30)23-19(15-31-12-11-28(4)5)27-18-13-25(2,3)14-20(29)22(18)21(23)16-9-7-8-10-17(16)26/h7-10,21-22H,6,11-15H2,1-5H3. The number of ketones is 1. The molecule has 1 fully saturated rings. The molecule has 1 aromatic rings. The maximum absolute atomic E-state index is 13.4. The molecule has 0 radical (unpaired) electrons. The summed E-state index contributed by atoms with van der Waals surface area (Å²) in [4.78, 5) is 33.4. The zero-order valence-corrected chi connectivity index (χ0v) is 20.4. The summed E-state index contributed by atoms with van der Waals surface area (Å²) in [5.74, 6) is -1.44. The summed E-state index contributed by atoms with van der Waals surface area (Å²) in [5, 5.41) is 0.519. The van der Waals surface area contributed by atoms with Crippen LogP contribution in [-0.4, -0.2) is 62.8 Å². The van der Waals surface area contributed by atoms with Crippen LogP contribution in [0.4, 0.5) is 0 Å². The van der Waals surface area contributed by atoms with Gasteiger partial charge < -0.3 is 14.4 Å². The largest absolute Gasteiger partial charge is 0.463 e. The molecule has 7 heteroatoms. The van der Waals surface area contributed by atoms with E-state index < -0.39 is 17.8 Å². The van der Waals surface area contributed by atoms with Crippen molar-refractivity contribution in [1.82, 2.24) is 4.90 Å². The molecule has 0 bridgehead atoms. The molecule has 1 aliphatic carbocycles. The van der Waals surface area contributed by atoms with Gasteiger partial charge in [-0.05, 0) is 44.5 Å². The fourth-order valence-electron chi connectivity index (χ4n) is 4.54. The molecule has 1 saturated carbocycles. The number of Topliss-reactive ketones (excluding diaryl/α,β-unsaturated/α-hetero) is 1. The number of hydrogen-bond acceptors (Lipinski definition) is 6. The number of nitrogens with zero attached hydrogens (tertiary/aromatic N) is 2. The second-order valence-electron chi connectivity index (χ2n) is 9.50. The van der Waals surface area contributed by atoms with Crippen LogP contribution in [0.15, 0.2) is 40.5 Å². The first kappa shape index (κ1) is 24.6. The van der Waals surface area contributed by atoms with Crippen molar-refractivity contribution in [3.63, 3.8) is 0 Å². The van der Waals surface area contributed by atoms with Crippen LogP contribution in [0.3, 0.4) is 0 Å². The Balaban J connectivity index is 2.13. The van der Waals surface area contributed by atoms with E-state index in [1.54, 1.807) is 13.0 Å². The summed E-state index contributed by atoms with van der Waals surface area (Å²) in [5.41, 5.74) is 2.27. The minimum atomic E-state index is -0.536. The van der Waals surface area contributed by atoms with E-state index in [0.717, 1.165) is 17.8 Å². The molecule has 2 aliphatic rings. The van der Waals surface area contributed by atoms with Crippen LogP contribution in [0.25, 0.3) is 0 Å². The minimum Gasteiger partial charge on any atom is -0.463 e. The highest BCUT2D eigenvalue weighted by molar-refractivity contribution is 6.31. The first-order chi connectivity index (χ1) is 15.1. The molecule has 2 unspecified atom stereocenters. The van der Waals surface area contributed by atoms with E-state index >= 15 is 0 Å². The molecule has 32 heavy (non-hydrogen) atoms. The zero-order chi connectivity index (χ0) is 23.5. The molecule has 0 spiro atoms. The Morgan fingerprint density at radius 2 is 1.94 bits per heavy atom. The number of rotatable bonds is 8. The molecule has 2 atom stereocenters. The number of carbonyl (C=O) groups is 2. The third kappa shape index (κ3) is 5.48. The molecule has 3 rings (SSSR count). The van der Waals surface area contributed by atoms with Gasteiger partial charge in [-0.15, -0.1) is 0 Å². The normalized spacial score (nSPS) is 22.6. The summed E-state index contributed by atoms with van der Waals surface area (Å²) in [6, 6.07) is 7.39. The number of carbonyl (C=O) groups excluding carboxylic acids is 2. The van der Waals surface area contributed by atoms with Crippen LogP contribution < -0.4 is 0 Å². The Morgan fingerprint density at radius 3 is 2.59 bits per heavy atom. The molecule has 0 N–H and O–H groups in total. The van der Waals surface area contributed by atoms with E-state index in [1.807, 2.05) is 37.2 Å². The van der Waals surface area contributed by atoms with Gasteiger partial charge in [0.2, 0.25) is 0 Å². The predicted molar refractivity (Wildman–Crippen MR) is 126 cm³/mol. The van der Waals surface area contributed by atoms with Crippen molar-refractivity contribution in [3.05, 3.63) is 46.1 Å². The van der Waals surface area contributed by atoms with Gasteiger partial charge in [-0.2, -0.15) is 0 Å². The lowest BCUT2D eigenvalue weighted by molar-refractivity contribution is -0.139. The Hall–Kier alpha value is -2.02. The topological polar surface area (TPSA) is 68.2 Å².